The predicted octanol–water partition coefficient (Wildman–Crippen LogP) is 2.01. The number of hydrogen-bond acceptors (Lipinski definition) is 5. The molecule has 7 heteroatoms. The van der Waals surface area contributed by atoms with E-state index in [0.717, 1.165) is 30.3 Å². The van der Waals surface area contributed by atoms with Gasteiger partial charge in [0.15, 0.2) is 5.65 Å². The summed E-state index contributed by atoms with van der Waals surface area (Å²) in [5.41, 5.74) is 2.40. The lowest BCUT2D eigenvalue weighted by molar-refractivity contribution is 0.355. The van der Waals surface area contributed by atoms with Gasteiger partial charge in [0, 0.05) is 44.3 Å². The van der Waals surface area contributed by atoms with E-state index in [1.807, 2.05) is 18.3 Å². The first-order chi connectivity index (χ1) is 12.6. The second kappa shape index (κ2) is 6.98. The summed E-state index contributed by atoms with van der Waals surface area (Å²) < 4.78 is 1.77. The van der Waals surface area contributed by atoms with E-state index in [1.165, 1.54) is 6.42 Å². The van der Waals surface area contributed by atoms with E-state index >= 15 is 0 Å². The first kappa shape index (κ1) is 16.9. The molecule has 2 unspecified atom stereocenters. The summed E-state index contributed by atoms with van der Waals surface area (Å²) in [4.78, 5) is 11.3. The van der Waals surface area contributed by atoms with Gasteiger partial charge in [-0.05, 0) is 35.3 Å². The summed E-state index contributed by atoms with van der Waals surface area (Å²) in [6.07, 6.45) is 6.55. The molecular weight excluding hydrogens is 323 g/mol. The van der Waals surface area contributed by atoms with Crippen molar-refractivity contribution in [2.45, 2.75) is 26.8 Å². The van der Waals surface area contributed by atoms with Crippen molar-refractivity contribution in [2.24, 2.45) is 11.8 Å². The van der Waals surface area contributed by atoms with E-state index in [4.69, 9.17) is 12.8 Å². The maximum atomic E-state index is 6.10. The van der Waals surface area contributed by atoms with Crippen LogP contribution in [-0.4, -0.2) is 40.5 Å². The zero-order chi connectivity index (χ0) is 18.1. The fraction of sp³-hybridized carbons (Fsp3) is 0.421. The third kappa shape index (κ3) is 3.38. The number of aromatic nitrogens is 4. The molecule has 3 aromatic rings. The van der Waals surface area contributed by atoms with Gasteiger partial charge in [0.1, 0.15) is 19.5 Å². The molecule has 1 aliphatic heterocycles. The first-order valence-electron chi connectivity index (χ1n) is 9.12. The maximum absolute atomic E-state index is 6.10. The van der Waals surface area contributed by atoms with E-state index in [0.29, 0.717) is 29.5 Å². The Kier molecular flexibility index (Phi) is 4.53. The number of hydrogen-bond donors (Lipinski definition) is 1. The number of rotatable bonds is 4. The van der Waals surface area contributed by atoms with Gasteiger partial charge in [-0.3, -0.25) is 4.98 Å². The third-order valence-corrected chi connectivity index (χ3v) is 4.87. The molecule has 2 radical (unpaired) electrons. The average molecular weight is 346 g/mol. The molecule has 0 spiro atoms. The fourth-order valence-electron chi connectivity index (χ4n) is 3.80. The van der Waals surface area contributed by atoms with Crippen LogP contribution in [0.25, 0.3) is 5.65 Å². The largest absolute Gasteiger partial charge is 0.366 e. The van der Waals surface area contributed by atoms with Crippen LogP contribution < -0.4 is 15.7 Å². The lowest BCUT2D eigenvalue weighted by Gasteiger charge is -2.36. The Balaban J connectivity index is 1.67. The summed E-state index contributed by atoms with van der Waals surface area (Å²) >= 11 is 0. The maximum Gasteiger partial charge on any atom is 0.152 e. The topological polar surface area (TPSA) is 58.4 Å². The summed E-state index contributed by atoms with van der Waals surface area (Å²) in [5.74, 6) is 3.16. The van der Waals surface area contributed by atoms with Gasteiger partial charge in [0.05, 0.1) is 0 Å². The number of piperidine rings is 1. The monoisotopic (exact) mass is 346 g/mol. The second-order valence-electron chi connectivity index (χ2n) is 7.40. The van der Waals surface area contributed by atoms with E-state index in [-0.39, 0.29) is 0 Å². The Morgan fingerprint density at radius 3 is 2.77 bits per heavy atom. The van der Waals surface area contributed by atoms with Gasteiger partial charge >= 0.3 is 0 Å². The Bertz CT molecular complexity index is 884. The minimum Gasteiger partial charge on any atom is -0.366 e. The normalized spacial score (nSPS) is 20.5. The van der Waals surface area contributed by atoms with Crippen molar-refractivity contribution >= 4 is 30.6 Å². The third-order valence-electron chi connectivity index (χ3n) is 4.87. The SMILES string of the molecule is [B]c1cnn2c(NCc3cccnc3)cc(N3CC(C)CC(C)C3)nc12. The van der Waals surface area contributed by atoms with Gasteiger partial charge in [-0.1, -0.05) is 19.9 Å². The van der Waals surface area contributed by atoms with Crippen LogP contribution in [0.15, 0.2) is 36.8 Å². The molecule has 0 aliphatic carbocycles. The van der Waals surface area contributed by atoms with Crippen LogP contribution in [0.5, 0.6) is 0 Å². The summed E-state index contributed by atoms with van der Waals surface area (Å²) in [7, 11) is 6.10. The molecule has 0 amide bonds. The Hall–Kier alpha value is -2.57. The number of nitrogens with zero attached hydrogens (tertiary/aromatic N) is 5. The van der Waals surface area contributed by atoms with E-state index in [9.17, 15) is 0 Å². The lowest BCUT2D eigenvalue weighted by Crippen LogP contribution is -2.39. The zero-order valence-electron chi connectivity index (χ0n) is 15.3. The molecule has 0 bridgehead atoms. The highest BCUT2D eigenvalue weighted by Crippen LogP contribution is 2.27. The highest BCUT2D eigenvalue weighted by molar-refractivity contribution is 6.36. The zero-order valence-corrected chi connectivity index (χ0v) is 15.3. The molecule has 1 aliphatic rings. The molecule has 4 rings (SSSR count). The summed E-state index contributed by atoms with van der Waals surface area (Å²) in [6, 6.07) is 6.05. The molecule has 1 saturated heterocycles. The molecule has 0 saturated carbocycles. The lowest BCUT2D eigenvalue weighted by atomic mass is 9.92. The first-order valence-corrected chi connectivity index (χ1v) is 9.12. The Morgan fingerprint density at radius 1 is 1.23 bits per heavy atom. The Labute approximate surface area is 155 Å². The van der Waals surface area contributed by atoms with Crippen LogP contribution in [0.2, 0.25) is 0 Å². The minimum atomic E-state index is 0.592. The van der Waals surface area contributed by atoms with Crippen LogP contribution in [0.4, 0.5) is 11.6 Å². The molecule has 2 atom stereocenters. The van der Waals surface area contributed by atoms with Crippen molar-refractivity contribution < 1.29 is 0 Å². The van der Waals surface area contributed by atoms with Crippen molar-refractivity contribution in [2.75, 3.05) is 23.3 Å². The van der Waals surface area contributed by atoms with Gasteiger partial charge in [0.25, 0.3) is 0 Å². The van der Waals surface area contributed by atoms with Crippen molar-refractivity contribution in [1.29, 1.82) is 0 Å². The number of pyridine rings is 1. The molecule has 1 fully saturated rings. The molecule has 0 aromatic carbocycles. The van der Waals surface area contributed by atoms with Crippen LogP contribution in [-0.2, 0) is 6.54 Å². The highest BCUT2D eigenvalue weighted by atomic mass is 15.3. The van der Waals surface area contributed by atoms with Gasteiger partial charge < -0.3 is 10.2 Å². The predicted molar refractivity (Wildman–Crippen MR) is 105 cm³/mol. The van der Waals surface area contributed by atoms with Crippen molar-refractivity contribution in [3.8, 4) is 0 Å². The van der Waals surface area contributed by atoms with E-state index < -0.39 is 0 Å². The van der Waals surface area contributed by atoms with E-state index in [1.54, 1.807) is 16.9 Å². The molecule has 1 N–H and O–H groups in total. The van der Waals surface area contributed by atoms with Crippen LogP contribution >= 0.6 is 0 Å². The summed E-state index contributed by atoms with van der Waals surface area (Å²) in [5, 5.41) is 7.84. The van der Waals surface area contributed by atoms with Crippen molar-refractivity contribution in [3.63, 3.8) is 0 Å². The molecular formula is C19H23BN6. The fourth-order valence-corrected chi connectivity index (χ4v) is 3.80. The second-order valence-corrected chi connectivity index (χ2v) is 7.40. The van der Waals surface area contributed by atoms with Gasteiger partial charge in [-0.25, -0.2) is 4.98 Å². The standard InChI is InChI=1S/C19H23BN6/c1-13-6-14(2)12-25(11-13)18-7-17(22-9-15-4-3-5-21-8-15)26-19(24-18)16(20)10-23-26/h3-5,7-8,10,13-14,22H,6,9,11-12H2,1-2H3. The number of nitrogens with one attached hydrogen (secondary N) is 1. The number of anilines is 2. The molecule has 26 heavy (non-hydrogen) atoms. The van der Waals surface area contributed by atoms with Gasteiger partial charge in [-0.15, -0.1) is 0 Å². The minimum absolute atomic E-state index is 0.592. The van der Waals surface area contributed by atoms with E-state index in [2.05, 4.69) is 40.2 Å². The van der Waals surface area contributed by atoms with Crippen molar-refractivity contribution in [3.05, 3.63) is 42.4 Å². The van der Waals surface area contributed by atoms with Crippen LogP contribution in [0.3, 0.4) is 0 Å². The molecule has 132 valence electrons. The Morgan fingerprint density at radius 2 is 2.04 bits per heavy atom. The molecule has 4 heterocycles. The van der Waals surface area contributed by atoms with Gasteiger partial charge in [0.2, 0.25) is 0 Å². The number of fused-ring (bicyclic) bond motifs is 1. The summed E-state index contributed by atoms with van der Waals surface area (Å²) in [6.45, 7) is 7.30. The average Bonchev–Trinajstić information content (AvgIpc) is 3.01. The van der Waals surface area contributed by atoms with Gasteiger partial charge in [-0.2, -0.15) is 9.61 Å². The van der Waals surface area contributed by atoms with Crippen LogP contribution in [0.1, 0.15) is 25.8 Å². The molecule has 3 aromatic heterocycles. The van der Waals surface area contributed by atoms with Crippen molar-refractivity contribution in [1.82, 2.24) is 19.6 Å². The smallest absolute Gasteiger partial charge is 0.152 e. The van der Waals surface area contributed by atoms with Crippen LogP contribution in [0, 0.1) is 11.8 Å². The molecule has 6 nitrogen and oxygen atoms in total. The highest BCUT2D eigenvalue weighted by Gasteiger charge is 2.24. The quantitative estimate of drug-likeness (QED) is 0.733.